The molecule has 0 aromatic carbocycles. The van der Waals surface area contributed by atoms with E-state index in [4.69, 9.17) is 5.11 Å². The molecule has 3 nitrogen and oxygen atoms in total. The van der Waals surface area contributed by atoms with Gasteiger partial charge in [0, 0.05) is 34.8 Å². The van der Waals surface area contributed by atoms with E-state index in [1.807, 2.05) is 6.07 Å². The van der Waals surface area contributed by atoms with Crippen molar-refractivity contribution in [1.29, 1.82) is 0 Å². The van der Waals surface area contributed by atoms with Crippen LogP contribution in [-0.2, 0) is 6.54 Å². The van der Waals surface area contributed by atoms with Gasteiger partial charge in [-0.15, -0.1) is 0 Å². The van der Waals surface area contributed by atoms with E-state index in [2.05, 4.69) is 56.0 Å². The number of nitrogens with one attached hydrogen (secondary N) is 1. The summed E-state index contributed by atoms with van der Waals surface area (Å²) in [5.74, 6) is 0. The Kier molecular flexibility index (Phi) is 6.06. The van der Waals surface area contributed by atoms with Gasteiger partial charge in [0.1, 0.15) is 0 Å². The molecule has 1 aromatic rings. The molecule has 1 aromatic heterocycles. The molecule has 0 aliphatic heterocycles. The molecule has 5 heteroatoms. The Morgan fingerprint density at radius 1 is 1.41 bits per heavy atom. The predicted molar refractivity (Wildman–Crippen MR) is 76.8 cm³/mol. The Morgan fingerprint density at radius 3 is 2.71 bits per heavy atom. The standard InChI is InChI=1S/C12H18Br2N2O/c1-12(2,3-4-17)8-15-7-11-10(14)5-9(13)6-16-11/h5-6,15,17H,3-4,7-8H2,1-2H3. The first-order valence-corrected chi connectivity index (χ1v) is 7.15. The van der Waals surface area contributed by atoms with Gasteiger partial charge in [-0.05, 0) is 49.8 Å². The second kappa shape index (κ2) is 6.83. The predicted octanol–water partition coefficient (Wildman–Crippen LogP) is 3.10. The summed E-state index contributed by atoms with van der Waals surface area (Å²) in [6, 6.07) is 1.99. The van der Waals surface area contributed by atoms with E-state index in [0.29, 0.717) is 0 Å². The van der Waals surface area contributed by atoms with E-state index < -0.39 is 0 Å². The van der Waals surface area contributed by atoms with Gasteiger partial charge in [0.2, 0.25) is 0 Å². The van der Waals surface area contributed by atoms with Crippen LogP contribution in [0.2, 0.25) is 0 Å². The molecule has 2 N–H and O–H groups in total. The third-order valence-corrected chi connectivity index (χ3v) is 3.69. The van der Waals surface area contributed by atoms with E-state index in [-0.39, 0.29) is 12.0 Å². The summed E-state index contributed by atoms with van der Waals surface area (Å²) in [7, 11) is 0. The number of hydrogen-bond donors (Lipinski definition) is 2. The van der Waals surface area contributed by atoms with Crippen LogP contribution >= 0.6 is 31.9 Å². The lowest BCUT2D eigenvalue weighted by Crippen LogP contribution is -2.30. The number of rotatable bonds is 6. The molecule has 0 fully saturated rings. The minimum Gasteiger partial charge on any atom is -0.396 e. The van der Waals surface area contributed by atoms with Gasteiger partial charge < -0.3 is 10.4 Å². The first-order chi connectivity index (χ1) is 7.94. The van der Waals surface area contributed by atoms with Gasteiger partial charge in [-0.1, -0.05) is 13.8 Å². The number of pyridine rings is 1. The molecule has 0 saturated carbocycles. The van der Waals surface area contributed by atoms with Crippen molar-refractivity contribution in [1.82, 2.24) is 10.3 Å². The molecule has 0 unspecified atom stereocenters. The summed E-state index contributed by atoms with van der Waals surface area (Å²) >= 11 is 6.86. The van der Waals surface area contributed by atoms with Crippen LogP contribution in [0.1, 0.15) is 26.0 Å². The number of aliphatic hydroxyl groups excluding tert-OH is 1. The monoisotopic (exact) mass is 364 g/mol. The van der Waals surface area contributed by atoms with Gasteiger partial charge in [0.05, 0.1) is 5.69 Å². The van der Waals surface area contributed by atoms with Crippen molar-refractivity contribution in [3.05, 3.63) is 26.9 Å². The molecule has 17 heavy (non-hydrogen) atoms. The van der Waals surface area contributed by atoms with E-state index >= 15 is 0 Å². The molecular weight excluding hydrogens is 348 g/mol. The second-order valence-electron chi connectivity index (χ2n) is 4.82. The van der Waals surface area contributed by atoms with Crippen LogP contribution in [0.5, 0.6) is 0 Å². The van der Waals surface area contributed by atoms with Crippen LogP contribution < -0.4 is 5.32 Å². The number of halogens is 2. The van der Waals surface area contributed by atoms with Crippen LogP contribution in [0.4, 0.5) is 0 Å². The summed E-state index contributed by atoms with van der Waals surface area (Å²) in [6.07, 6.45) is 2.59. The molecule has 0 radical (unpaired) electrons. The maximum absolute atomic E-state index is 8.94. The van der Waals surface area contributed by atoms with E-state index in [0.717, 1.165) is 34.1 Å². The second-order valence-corrected chi connectivity index (χ2v) is 6.59. The zero-order valence-corrected chi connectivity index (χ0v) is 13.3. The Hall–Kier alpha value is 0.0300. The average molecular weight is 366 g/mol. The van der Waals surface area contributed by atoms with Crippen LogP contribution in [0, 0.1) is 5.41 Å². The van der Waals surface area contributed by atoms with Crippen LogP contribution in [-0.4, -0.2) is 23.2 Å². The molecule has 96 valence electrons. The lowest BCUT2D eigenvalue weighted by atomic mass is 9.90. The maximum Gasteiger partial charge on any atom is 0.0684 e. The van der Waals surface area contributed by atoms with E-state index in [1.165, 1.54) is 0 Å². The quantitative estimate of drug-likeness (QED) is 0.814. The fourth-order valence-corrected chi connectivity index (χ4v) is 2.61. The van der Waals surface area contributed by atoms with Crippen molar-refractivity contribution in [2.45, 2.75) is 26.8 Å². The lowest BCUT2D eigenvalue weighted by molar-refractivity contribution is 0.207. The van der Waals surface area contributed by atoms with Gasteiger partial charge in [-0.25, -0.2) is 0 Å². The lowest BCUT2D eigenvalue weighted by Gasteiger charge is -2.23. The molecule has 0 aliphatic rings. The number of aliphatic hydroxyl groups is 1. The van der Waals surface area contributed by atoms with Gasteiger partial charge in [0.15, 0.2) is 0 Å². The highest BCUT2D eigenvalue weighted by molar-refractivity contribution is 9.11. The third kappa shape index (κ3) is 5.46. The van der Waals surface area contributed by atoms with Crippen molar-refractivity contribution in [3.8, 4) is 0 Å². The number of aromatic nitrogens is 1. The Labute approximate surface area is 119 Å². The Morgan fingerprint density at radius 2 is 2.12 bits per heavy atom. The molecule has 0 aliphatic carbocycles. The smallest absolute Gasteiger partial charge is 0.0684 e. The normalized spacial score (nSPS) is 11.8. The highest BCUT2D eigenvalue weighted by atomic mass is 79.9. The molecule has 0 spiro atoms. The molecule has 0 atom stereocenters. The largest absolute Gasteiger partial charge is 0.396 e. The Balaban J connectivity index is 2.46. The summed E-state index contributed by atoms with van der Waals surface area (Å²) in [6.45, 7) is 6.09. The molecule has 0 bridgehead atoms. The van der Waals surface area contributed by atoms with Gasteiger partial charge in [-0.3, -0.25) is 4.98 Å². The van der Waals surface area contributed by atoms with Gasteiger partial charge >= 0.3 is 0 Å². The zero-order valence-electron chi connectivity index (χ0n) is 10.1. The van der Waals surface area contributed by atoms with Crippen LogP contribution in [0.15, 0.2) is 21.2 Å². The first-order valence-electron chi connectivity index (χ1n) is 5.56. The summed E-state index contributed by atoms with van der Waals surface area (Å²) < 4.78 is 1.97. The van der Waals surface area contributed by atoms with Crippen LogP contribution in [0.3, 0.4) is 0 Å². The topological polar surface area (TPSA) is 45.1 Å². The Bertz CT molecular complexity index is 370. The van der Waals surface area contributed by atoms with Crippen LogP contribution in [0.25, 0.3) is 0 Å². The molecule has 0 amide bonds. The average Bonchev–Trinajstić information content (AvgIpc) is 2.21. The summed E-state index contributed by atoms with van der Waals surface area (Å²) in [5.41, 5.74) is 1.10. The minimum atomic E-state index is 0.108. The van der Waals surface area contributed by atoms with Crippen molar-refractivity contribution < 1.29 is 5.11 Å². The molecular formula is C12H18Br2N2O. The number of nitrogens with zero attached hydrogens (tertiary/aromatic N) is 1. The van der Waals surface area contributed by atoms with Crippen molar-refractivity contribution in [2.75, 3.05) is 13.2 Å². The summed E-state index contributed by atoms with van der Waals surface area (Å²) in [4.78, 5) is 4.34. The highest BCUT2D eigenvalue weighted by Gasteiger charge is 2.16. The molecule has 1 rings (SSSR count). The third-order valence-electron chi connectivity index (χ3n) is 2.57. The van der Waals surface area contributed by atoms with Gasteiger partial charge in [-0.2, -0.15) is 0 Å². The number of hydrogen-bond acceptors (Lipinski definition) is 3. The summed E-state index contributed by atoms with van der Waals surface area (Å²) in [5, 5.41) is 12.3. The molecule has 0 saturated heterocycles. The highest BCUT2D eigenvalue weighted by Crippen LogP contribution is 2.21. The fourth-order valence-electron chi connectivity index (χ4n) is 1.48. The van der Waals surface area contributed by atoms with Gasteiger partial charge in [0.25, 0.3) is 0 Å². The fraction of sp³-hybridized carbons (Fsp3) is 0.583. The van der Waals surface area contributed by atoms with Crippen molar-refractivity contribution in [2.24, 2.45) is 5.41 Å². The zero-order chi connectivity index (χ0) is 12.9. The molecule has 1 heterocycles. The van der Waals surface area contributed by atoms with Crippen molar-refractivity contribution in [3.63, 3.8) is 0 Å². The SMILES string of the molecule is CC(C)(CCO)CNCc1ncc(Br)cc1Br. The van der Waals surface area contributed by atoms with E-state index in [1.54, 1.807) is 6.20 Å². The van der Waals surface area contributed by atoms with E-state index in [9.17, 15) is 0 Å². The maximum atomic E-state index is 8.94. The van der Waals surface area contributed by atoms with Crippen molar-refractivity contribution >= 4 is 31.9 Å². The minimum absolute atomic E-state index is 0.108. The first kappa shape index (κ1) is 15.1.